The van der Waals surface area contributed by atoms with Gasteiger partial charge in [0.05, 0.1) is 6.61 Å². The van der Waals surface area contributed by atoms with E-state index in [0.29, 0.717) is 6.61 Å². The Morgan fingerprint density at radius 1 is 1.06 bits per heavy atom. The van der Waals surface area contributed by atoms with Crippen LogP contribution in [0.4, 0.5) is 0 Å². The molecule has 2 heteroatoms. The van der Waals surface area contributed by atoms with Gasteiger partial charge in [0, 0.05) is 6.61 Å². The normalized spacial score (nSPS) is 10.4. The summed E-state index contributed by atoms with van der Waals surface area (Å²) in [6, 6.07) is 8.30. The number of hydrogen-bond acceptors (Lipinski definition) is 2. The van der Waals surface area contributed by atoms with Crippen molar-refractivity contribution in [1.29, 1.82) is 0 Å². The molecule has 2 N–H and O–H groups in total. The van der Waals surface area contributed by atoms with E-state index in [-0.39, 0.29) is 0 Å². The minimum atomic E-state index is 0.703. The predicted molar refractivity (Wildman–Crippen MR) is 73.7 cm³/mol. The van der Waals surface area contributed by atoms with Crippen LogP contribution in [0.5, 0.6) is 0 Å². The second kappa shape index (κ2) is 8.97. The Kier molecular flexibility index (Phi) is 7.35. The quantitative estimate of drug-likeness (QED) is 0.664. The van der Waals surface area contributed by atoms with Crippen molar-refractivity contribution in [3.05, 3.63) is 42.0 Å². The summed E-state index contributed by atoms with van der Waals surface area (Å²) >= 11 is 0. The number of hydrogen-bond donors (Lipinski definition) is 1. The number of ether oxygens (including phenoxy) is 1. The van der Waals surface area contributed by atoms with Crippen molar-refractivity contribution in [2.45, 2.75) is 32.3 Å². The summed E-state index contributed by atoms with van der Waals surface area (Å²) < 4.78 is 5.62. The Hall–Kier alpha value is -1.12. The van der Waals surface area contributed by atoms with E-state index >= 15 is 0 Å². The fourth-order valence-electron chi connectivity index (χ4n) is 1.64. The first-order valence-electron chi connectivity index (χ1n) is 6.36. The molecule has 17 heavy (non-hydrogen) atoms. The highest BCUT2D eigenvalue weighted by Gasteiger charge is 1.94. The van der Waals surface area contributed by atoms with Crippen LogP contribution in [0.15, 0.2) is 30.8 Å². The molecule has 0 atom stereocenters. The molecule has 2 nitrogen and oxygen atoms in total. The lowest BCUT2D eigenvalue weighted by molar-refractivity contribution is 0.117. The van der Waals surface area contributed by atoms with E-state index in [9.17, 15) is 0 Å². The zero-order chi connectivity index (χ0) is 12.3. The van der Waals surface area contributed by atoms with Crippen LogP contribution in [0.2, 0.25) is 0 Å². The zero-order valence-electron chi connectivity index (χ0n) is 10.5. The van der Waals surface area contributed by atoms with Crippen LogP contribution >= 0.6 is 0 Å². The molecule has 0 saturated carbocycles. The molecule has 94 valence electrons. The molecule has 0 saturated heterocycles. The minimum Gasteiger partial charge on any atom is -0.377 e. The molecule has 1 aromatic carbocycles. The van der Waals surface area contributed by atoms with Gasteiger partial charge in [-0.2, -0.15) is 0 Å². The Morgan fingerprint density at radius 3 is 2.41 bits per heavy atom. The van der Waals surface area contributed by atoms with Crippen LogP contribution in [0.1, 0.15) is 36.8 Å². The predicted octanol–water partition coefficient (Wildman–Crippen LogP) is 3.37. The highest BCUT2D eigenvalue weighted by molar-refractivity contribution is 5.47. The first-order chi connectivity index (χ1) is 8.36. The molecule has 0 aromatic heterocycles. The molecule has 0 radical (unpaired) electrons. The van der Waals surface area contributed by atoms with Crippen LogP contribution in [0.3, 0.4) is 0 Å². The zero-order valence-corrected chi connectivity index (χ0v) is 10.5. The fraction of sp³-hybridized carbons (Fsp3) is 0.467. The average Bonchev–Trinajstić information content (AvgIpc) is 2.38. The monoisotopic (exact) mass is 233 g/mol. The molecule has 0 aliphatic heterocycles. The number of benzene rings is 1. The lowest BCUT2D eigenvalue weighted by atomic mass is 10.1. The topological polar surface area (TPSA) is 35.2 Å². The molecule has 0 spiro atoms. The second-order valence-corrected chi connectivity index (χ2v) is 4.20. The van der Waals surface area contributed by atoms with Gasteiger partial charge in [-0.3, -0.25) is 0 Å². The lowest BCUT2D eigenvalue weighted by Gasteiger charge is -2.04. The first-order valence-corrected chi connectivity index (χ1v) is 6.36. The average molecular weight is 233 g/mol. The first kappa shape index (κ1) is 13.9. The Balaban J connectivity index is 2.07. The van der Waals surface area contributed by atoms with Crippen LogP contribution in [-0.2, 0) is 11.3 Å². The second-order valence-electron chi connectivity index (χ2n) is 4.20. The van der Waals surface area contributed by atoms with E-state index in [4.69, 9.17) is 10.5 Å². The van der Waals surface area contributed by atoms with E-state index in [1.165, 1.54) is 18.4 Å². The van der Waals surface area contributed by atoms with Crippen LogP contribution in [0, 0.1) is 0 Å². The van der Waals surface area contributed by atoms with Crippen molar-refractivity contribution in [3.63, 3.8) is 0 Å². The summed E-state index contributed by atoms with van der Waals surface area (Å²) in [5.41, 5.74) is 7.80. The van der Waals surface area contributed by atoms with Gasteiger partial charge in [0.15, 0.2) is 0 Å². The van der Waals surface area contributed by atoms with E-state index < -0.39 is 0 Å². The smallest absolute Gasteiger partial charge is 0.0716 e. The summed E-state index contributed by atoms with van der Waals surface area (Å²) in [6.45, 7) is 6.08. The Labute approximate surface area is 104 Å². The number of rotatable bonds is 9. The van der Waals surface area contributed by atoms with E-state index in [1.807, 2.05) is 6.08 Å². The molecule has 0 unspecified atom stereocenters. The van der Waals surface area contributed by atoms with E-state index in [1.54, 1.807) is 0 Å². The molecule has 1 aromatic rings. The molecular formula is C15H23NO. The van der Waals surface area contributed by atoms with Crippen molar-refractivity contribution in [3.8, 4) is 0 Å². The summed E-state index contributed by atoms with van der Waals surface area (Å²) in [5.74, 6) is 0. The third-order valence-electron chi connectivity index (χ3n) is 2.73. The van der Waals surface area contributed by atoms with Crippen molar-refractivity contribution >= 4 is 6.08 Å². The third-order valence-corrected chi connectivity index (χ3v) is 2.73. The van der Waals surface area contributed by atoms with E-state index in [2.05, 4.69) is 30.8 Å². The van der Waals surface area contributed by atoms with Crippen molar-refractivity contribution < 1.29 is 4.74 Å². The molecule has 0 bridgehead atoms. The number of unbranched alkanes of at least 4 members (excludes halogenated alkanes) is 3. The maximum absolute atomic E-state index is 5.62. The summed E-state index contributed by atoms with van der Waals surface area (Å²) in [4.78, 5) is 0. The largest absolute Gasteiger partial charge is 0.377 e. The van der Waals surface area contributed by atoms with Gasteiger partial charge in [-0.25, -0.2) is 0 Å². The van der Waals surface area contributed by atoms with Crippen molar-refractivity contribution in [1.82, 2.24) is 0 Å². The van der Waals surface area contributed by atoms with Gasteiger partial charge < -0.3 is 10.5 Å². The van der Waals surface area contributed by atoms with Gasteiger partial charge in [-0.1, -0.05) is 49.8 Å². The molecule has 0 aliphatic carbocycles. The summed E-state index contributed by atoms with van der Waals surface area (Å²) in [6.07, 6.45) is 6.54. The Morgan fingerprint density at radius 2 is 1.76 bits per heavy atom. The fourth-order valence-corrected chi connectivity index (χ4v) is 1.64. The molecule has 0 fully saturated rings. The van der Waals surface area contributed by atoms with Gasteiger partial charge in [-0.05, 0) is 30.5 Å². The van der Waals surface area contributed by atoms with E-state index in [0.717, 1.165) is 31.6 Å². The standard InChI is InChI=1S/C15H23NO/c1-2-14-7-9-15(10-8-14)13-17-12-6-4-3-5-11-16/h2,7-10H,1,3-6,11-13,16H2. The molecule has 0 heterocycles. The maximum atomic E-state index is 5.62. The molecular weight excluding hydrogens is 210 g/mol. The highest BCUT2D eigenvalue weighted by Crippen LogP contribution is 2.07. The lowest BCUT2D eigenvalue weighted by Crippen LogP contribution is -1.99. The van der Waals surface area contributed by atoms with Crippen LogP contribution in [-0.4, -0.2) is 13.2 Å². The minimum absolute atomic E-state index is 0.703. The van der Waals surface area contributed by atoms with Gasteiger partial charge >= 0.3 is 0 Å². The SMILES string of the molecule is C=Cc1ccc(COCCCCCCN)cc1. The van der Waals surface area contributed by atoms with Crippen LogP contribution < -0.4 is 5.73 Å². The van der Waals surface area contributed by atoms with Gasteiger partial charge in [-0.15, -0.1) is 0 Å². The number of nitrogens with two attached hydrogens (primary N) is 1. The molecule has 0 aliphatic rings. The third kappa shape index (κ3) is 6.25. The van der Waals surface area contributed by atoms with Gasteiger partial charge in [0.25, 0.3) is 0 Å². The van der Waals surface area contributed by atoms with Crippen LogP contribution in [0.25, 0.3) is 6.08 Å². The highest BCUT2D eigenvalue weighted by atomic mass is 16.5. The summed E-state index contributed by atoms with van der Waals surface area (Å²) in [5, 5.41) is 0. The maximum Gasteiger partial charge on any atom is 0.0716 e. The Bertz CT molecular complexity index is 305. The van der Waals surface area contributed by atoms with Gasteiger partial charge in [0.2, 0.25) is 0 Å². The van der Waals surface area contributed by atoms with Crippen molar-refractivity contribution in [2.75, 3.05) is 13.2 Å². The van der Waals surface area contributed by atoms with Gasteiger partial charge in [0.1, 0.15) is 0 Å². The molecule has 1 rings (SSSR count). The molecule has 0 amide bonds. The van der Waals surface area contributed by atoms with Crippen molar-refractivity contribution in [2.24, 2.45) is 5.73 Å². The summed E-state index contributed by atoms with van der Waals surface area (Å²) in [7, 11) is 0.